The van der Waals surface area contributed by atoms with E-state index in [1.807, 2.05) is 54.7 Å². The van der Waals surface area contributed by atoms with Gasteiger partial charge in [0.1, 0.15) is 5.75 Å². The Hall–Kier alpha value is -2.75. The van der Waals surface area contributed by atoms with Crippen LogP contribution in [0.3, 0.4) is 0 Å². The van der Waals surface area contributed by atoms with Crippen LogP contribution in [0.5, 0.6) is 5.75 Å². The molecule has 0 aliphatic heterocycles. The molecule has 0 saturated heterocycles. The van der Waals surface area contributed by atoms with E-state index in [4.69, 9.17) is 10.5 Å². The van der Waals surface area contributed by atoms with Crippen LogP contribution >= 0.6 is 0 Å². The van der Waals surface area contributed by atoms with Crippen molar-refractivity contribution >= 4 is 5.69 Å². The SMILES string of the molecule is COc1cccc(-c2cn[nH]c2-c2ccc(N)cc2)c1. The van der Waals surface area contributed by atoms with Crippen LogP contribution in [-0.2, 0) is 0 Å². The third-order valence-corrected chi connectivity index (χ3v) is 3.22. The fourth-order valence-electron chi connectivity index (χ4n) is 2.17. The zero-order valence-electron chi connectivity index (χ0n) is 11.1. The smallest absolute Gasteiger partial charge is 0.119 e. The van der Waals surface area contributed by atoms with Crippen LogP contribution in [0.1, 0.15) is 0 Å². The number of nitrogens with zero attached hydrogens (tertiary/aromatic N) is 1. The fraction of sp³-hybridized carbons (Fsp3) is 0.0625. The summed E-state index contributed by atoms with van der Waals surface area (Å²) in [5, 5.41) is 7.20. The molecule has 1 aromatic heterocycles. The third-order valence-electron chi connectivity index (χ3n) is 3.22. The lowest BCUT2D eigenvalue weighted by Crippen LogP contribution is -1.87. The lowest BCUT2D eigenvalue weighted by molar-refractivity contribution is 0.415. The summed E-state index contributed by atoms with van der Waals surface area (Å²) in [7, 11) is 1.66. The van der Waals surface area contributed by atoms with E-state index in [1.54, 1.807) is 7.11 Å². The number of benzene rings is 2. The molecule has 2 aromatic carbocycles. The molecule has 0 aliphatic rings. The highest BCUT2D eigenvalue weighted by Gasteiger charge is 2.10. The van der Waals surface area contributed by atoms with Crippen molar-refractivity contribution in [1.29, 1.82) is 0 Å². The molecule has 20 heavy (non-hydrogen) atoms. The molecule has 0 aliphatic carbocycles. The van der Waals surface area contributed by atoms with Crippen LogP contribution < -0.4 is 10.5 Å². The summed E-state index contributed by atoms with van der Waals surface area (Å²) in [6, 6.07) is 15.6. The van der Waals surface area contributed by atoms with E-state index in [1.165, 1.54) is 0 Å². The van der Waals surface area contributed by atoms with Gasteiger partial charge in [-0.15, -0.1) is 0 Å². The van der Waals surface area contributed by atoms with Crippen LogP contribution in [0.15, 0.2) is 54.7 Å². The molecule has 3 rings (SSSR count). The van der Waals surface area contributed by atoms with Crippen molar-refractivity contribution in [1.82, 2.24) is 10.2 Å². The van der Waals surface area contributed by atoms with Gasteiger partial charge in [0, 0.05) is 16.8 Å². The van der Waals surface area contributed by atoms with Gasteiger partial charge in [-0.2, -0.15) is 5.10 Å². The Kier molecular flexibility index (Phi) is 3.13. The van der Waals surface area contributed by atoms with Crippen LogP contribution in [0.25, 0.3) is 22.4 Å². The molecule has 4 nitrogen and oxygen atoms in total. The average molecular weight is 265 g/mol. The highest BCUT2D eigenvalue weighted by atomic mass is 16.5. The van der Waals surface area contributed by atoms with E-state index in [2.05, 4.69) is 10.2 Å². The predicted octanol–water partition coefficient (Wildman–Crippen LogP) is 3.33. The Balaban J connectivity index is 2.07. The summed E-state index contributed by atoms with van der Waals surface area (Å²) in [5.74, 6) is 0.826. The van der Waals surface area contributed by atoms with E-state index in [0.29, 0.717) is 0 Å². The maximum atomic E-state index is 5.72. The quantitative estimate of drug-likeness (QED) is 0.714. The molecule has 0 unspecified atom stereocenters. The van der Waals surface area contributed by atoms with Gasteiger partial charge >= 0.3 is 0 Å². The van der Waals surface area contributed by atoms with Crippen molar-refractivity contribution in [2.45, 2.75) is 0 Å². The first kappa shape index (κ1) is 12.3. The number of hydrogen-bond acceptors (Lipinski definition) is 3. The molecule has 0 bridgehead atoms. The number of H-pyrrole nitrogens is 1. The molecular formula is C16H15N3O. The number of aromatic amines is 1. The number of rotatable bonds is 3. The second-order valence-corrected chi connectivity index (χ2v) is 4.51. The van der Waals surface area contributed by atoms with E-state index >= 15 is 0 Å². The topological polar surface area (TPSA) is 63.9 Å². The first-order chi connectivity index (χ1) is 9.78. The molecule has 4 heteroatoms. The maximum absolute atomic E-state index is 5.72. The molecule has 3 N–H and O–H groups in total. The molecule has 100 valence electrons. The largest absolute Gasteiger partial charge is 0.497 e. The Labute approximate surface area is 117 Å². The minimum atomic E-state index is 0.746. The molecule has 0 atom stereocenters. The summed E-state index contributed by atoms with van der Waals surface area (Å²) >= 11 is 0. The van der Waals surface area contributed by atoms with E-state index in [9.17, 15) is 0 Å². The third kappa shape index (κ3) is 2.23. The number of nitrogens with two attached hydrogens (primary N) is 1. The van der Waals surface area contributed by atoms with Crippen molar-refractivity contribution in [3.63, 3.8) is 0 Å². The van der Waals surface area contributed by atoms with Crippen LogP contribution in [0.4, 0.5) is 5.69 Å². The number of hydrogen-bond donors (Lipinski definition) is 2. The van der Waals surface area contributed by atoms with E-state index in [0.717, 1.165) is 33.8 Å². The van der Waals surface area contributed by atoms with Crippen molar-refractivity contribution in [2.24, 2.45) is 0 Å². The number of methoxy groups -OCH3 is 1. The van der Waals surface area contributed by atoms with Crippen LogP contribution in [0, 0.1) is 0 Å². The number of ether oxygens (including phenoxy) is 1. The van der Waals surface area contributed by atoms with Crippen molar-refractivity contribution < 1.29 is 4.74 Å². The highest BCUT2D eigenvalue weighted by Crippen LogP contribution is 2.32. The van der Waals surface area contributed by atoms with Gasteiger partial charge < -0.3 is 10.5 Å². The number of nitrogen functional groups attached to an aromatic ring is 1. The maximum Gasteiger partial charge on any atom is 0.119 e. The second kappa shape index (κ2) is 5.09. The van der Waals surface area contributed by atoms with Gasteiger partial charge in [0.05, 0.1) is 19.0 Å². The zero-order valence-corrected chi connectivity index (χ0v) is 11.1. The van der Waals surface area contributed by atoms with Gasteiger partial charge in [-0.25, -0.2) is 0 Å². The van der Waals surface area contributed by atoms with E-state index in [-0.39, 0.29) is 0 Å². The Morgan fingerprint density at radius 1 is 1.05 bits per heavy atom. The molecular weight excluding hydrogens is 250 g/mol. The van der Waals surface area contributed by atoms with Gasteiger partial charge in [-0.3, -0.25) is 5.10 Å². The van der Waals surface area contributed by atoms with Crippen molar-refractivity contribution in [3.8, 4) is 28.1 Å². The molecule has 0 saturated carbocycles. The summed E-state index contributed by atoms with van der Waals surface area (Å²) in [6.07, 6.45) is 1.82. The fourth-order valence-corrected chi connectivity index (χ4v) is 2.17. The van der Waals surface area contributed by atoms with Crippen LogP contribution in [0.2, 0.25) is 0 Å². The number of aromatic nitrogens is 2. The highest BCUT2D eigenvalue weighted by molar-refractivity contribution is 5.81. The molecule has 0 amide bonds. The monoisotopic (exact) mass is 265 g/mol. The first-order valence-electron chi connectivity index (χ1n) is 6.31. The normalized spacial score (nSPS) is 10.4. The van der Waals surface area contributed by atoms with Gasteiger partial charge in [0.25, 0.3) is 0 Å². The summed E-state index contributed by atoms with van der Waals surface area (Å²) in [6.45, 7) is 0. The van der Waals surface area contributed by atoms with Gasteiger partial charge in [-0.05, 0) is 29.8 Å². The lowest BCUT2D eigenvalue weighted by Gasteiger charge is -2.06. The van der Waals surface area contributed by atoms with Crippen molar-refractivity contribution in [2.75, 3.05) is 12.8 Å². The van der Waals surface area contributed by atoms with Crippen molar-refractivity contribution in [3.05, 3.63) is 54.7 Å². The Morgan fingerprint density at radius 3 is 2.60 bits per heavy atom. The average Bonchev–Trinajstić information content (AvgIpc) is 2.97. The van der Waals surface area contributed by atoms with Gasteiger partial charge in [-0.1, -0.05) is 24.3 Å². The summed E-state index contributed by atoms with van der Waals surface area (Å²) in [4.78, 5) is 0. The van der Waals surface area contributed by atoms with Crippen LogP contribution in [-0.4, -0.2) is 17.3 Å². The minimum Gasteiger partial charge on any atom is -0.497 e. The molecule has 0 spiro atoms. The zero-order chi connectivity index (χ0) is 13.9. The molecule has 3 aromatic rings. The number of anilines is 1. The minimum absolute atomic E-state index is 0.746. The Morgan fingerprint density at radius 2 is 1.85 bits per heavy atom. The predicted molar refractivity (Wildman–Crippen MR) is 80.4 cm³/mol. The molecule has 0 radical (unpaired) electrons. The molecule has 0 fully saturated rings. The Bertz CT molecular complexity index is 717. The summed E-state index contributed by atoms with van der Waals surface area (Å²) in [5.41, 5.74) is 10.6. The van der Waals surface area contributed by atoms with Gasteiger partial charge in [0.15, 0.2) is 0 Å². The van der Waals surface area contributed by atoms with Gasteiger partial charge in [0.2, 0.25) is 0 Å². The van der Waals surface area contributed by atoms with E-state index < -0.39 is 0 Å². The molecule has 1 heterocycles. The number of nitrogens with one attached hydrogen (secondary N) is 1. The standard InChI is InChI=1S/C16H15N3O/c1-20-14-4-2-3-12(9-14)15-10-18-19-16(15)11-5-7-13(17)8-6-11/h2-10H,17H2,1H3,(H,18,19). The first-order valence-corrected chi connectivity index (χ1v) is 6.31. The summed E-state index contributed by atoms with van der Waals surface area (Å²) < 4.78 is 5.27. The second-order valence-electron chi connectivity index (χ2n) is 4.51. The lowest BCUT2D eigenvalue weighted by atomic mass is 10.0.